The number of carbonyl (C=O) groups excluding carboxylic acids is 2. The van der Waals surface area contributed by atoms with Gasteiger partial charge in [0.05, 0.1) is 17.9 Å². The molecule has 9 heteroatoms. The van der Waals surface area contributed by atoms with Crippen LogP contribution in [0.4, 0.5) is 5.13 Å². The van der Waals surface area contributed by atoms with Crippen molar-refractivity contribution in [2.45, 2.75) is 25.8 Å². The number of aromatic nitrogens is 3. The van der Waals surface area contributed by atoms with Gasteiger partial charge in [0.1, 0.15) is 5.01 Å². The number of hydrogen-bond donors (Lipinski definition) is 1. The summed E-state index contributed by atoms with van der Waals surface area (Å²) in [5.41, 5.74) is 0.491. The van der Waals surface area contributed by atoms with Gasteiger partial charge in [0.15, 0.2) is 11.5 Å². The molecule has 0 radical (unpaired) electrons. The van der Waals surface area contributed by atoms with Crippen molar-refractivity contribution in [3.8, 4) is 0 Å². The summed E-state index contributed by atoms with van der Waals surface area (Å²) >= 11 is 1.24. The summed E-state index contributed by atoms with van der Waals surface area (Å²) in [5.74, 6) is -1.75. The molecule has 1 atom stereocenters. The average Bonchev–Trinajstić information content (AvgIpc) is 3.43. The zero-order valence-corrected chi connectivity index (χ0v) is 15.9. The fourth-order valence-electron chi connectivity index (χ4n) is 2.99. The van der Waals surface area contributed by atoms with Gasteiger partial charge in [0.25, 0.3) is 5.91 Å². The van der Waals surface area contributed by atoms with Gasteiger partial charge in [0, 0.05) is 18.3 Å². The van der Waals surface area contributed by atoms with Crippen molar-refractivity contribution in [2.75, 3.05) is 4.90 Å². The lowest BCUT2D eigenvalue weighted by Crippen LogP contribution is -2.31. The Morgan fingerprint density at radius 2 is 2.11 bits per heavy atom. The molecule has 3 aromatic rings. The highest BCUT2D eigenvalue weighted by atomic mass is 32.1. The Bertz CT molecular complexity index is 1060. The number of aliphatic hydroxyl groups is 1. The van der Waals surface area contributed by atoms with E-state index in [4.69, 9.17) is 4.42 Å². The van der Waals surface area contributed by atoms with E-state index in [0.717, 1.165) is 5.01 Å². The molecular weight excluding hydrogens is 380 g/mol. The van der Waals surface area contributed by atoms with E-state index >= 15 is 0 Å². The molecule has 0 bridgehead atoms. The maximum atomic E-state index is 13.0. The van der Waals surface area contributed by atoms with Gasteiger partial charge < -0.3 is 9.52 Å². The van der Waals surface area contributed by atoms with Crippen LogP contribution in [0.15, 0.2) is 58.7 Å². The highest BCUT2D eigenvalue weighted by Crippen LogP contribution is 2.43. The molecule has 4 rings (SSSR count). The van der Waals surface area contributed by atoms with Crippen LogP contribution in [0.2, 0.25) is 0 Å². The van der Waals surface area contributed by atoms with Crippen LogP contribution in [-0.4, -0.2) is 32.0 Å². The summed E-state index contributed by atoms with van der Waals surface area (Å²) in [6.07, 6.45) is 4.49. The first-order valence-corrected chi connectivity index (χ1v) is 9.39. The Morgan fingerprint density at radius 1 is 1.29 bits per heavy atom. The molecule has 1 N–H and O–H groups in total. The first-order chi connectivity index (χ1) is 13.5. The maximum absolute atomic E-state index is 13.0. The fraction of sp³-hybridized carbons (Fsp3) is 0.211. The van der Waals surface area contributed by atoms with E-state index in [1.807, 2.05) is 13.8 Å². The summed E-state index contributed by atoms with van der Waals surface area (Å²) in [6.45, 7) is 3.94. The third-order valence-corrected chi connectivity index (χ3v) is 5.55. The number of hydrogen-bond acceptors (Lipinski definition) is 8. The molecule has 0 saturated carbocycles. The van der Waals surface area contributed by atoms with Crippen LogP contribution in [-0.2, 0) is 4.79 Å². The largest absolute Gasteiger partial charge is 0.503 e. The van der Waals surface area contributed by atoms with Gasteiger partial charge >= 0.3 is 0 Å². The lowest BCUT2D eigenvalue weighted by molar-refractivity contribution is -0.117. The molecule has 3 aromatic heterocycles. The Balaban J connectivity index is 1.85. The van der Waals surface area contributed by atoms with Crippen LogP contribution in [0.5, 0.6) is 0 Å². The SMILES string of the molecule is CC(C)c1nnc(N2C(=O)C(O)=C(C(=O)c3ccco3)C2c2cccnc2)s1. The number of Topliss-reactive ketones (excluding diaryl/α,β-unsaturated/α-hetero) is 1. The minimum Gasteiger partial charge on any atom is -0.503 e. The summed E-state index contributed by atoms with van der Waals surface area (Å²) in [4.78, 5) is 31.3. The van der Waals surface area contributed by atoms with Crippen molar-refractivity contribution in [2.24, 2.45) is 0 Å². The number of carbonyl (C=O) groups is 2. The van der Waals surface area contributed by atoms with Crippen LogP contribution < -0.4 is 4.90 Å². The van der Waals surface area contributed by atoms with E-state index in [1.54, 1.807) is 30.6 Å². The molecule has 0 aliphatic carbocycles. The van der Waals surface area contributed by atoms with E-state index in [0.29, 0.717) is 10.7 Å². The van der Waals surface area contributed by atoms with Crippen molar-refractivity contribution in [1.82, 2.24) is 15.2 Å². The molecule has 1 aliphatic heterocycles. The Labute approximate surface area is 164 Å². The summed E-state index contributed by atoms with van der Waals surface area (Å²) in [7, 11) is 0. The summed E-state index contributed by atoms with van der Waals surface area (Å²) in [6, 6.07) is 5.60. The average molecular weight is 396 g/mol. The number of anilines is 1. The lowest BCUT2D eigenvalue weighted by atomic mass is 9.96. The number of pyridine rings is 1. The number of ketones is 1. The van der Waals surface area contributed by atoms with Crippen molar-refractivity contribution < 1.29 is 19.1 Å². The van der Waals surface area contributed by atoms with Gasteiger partial charge in [-0.25, -0.2) is 0 Å². The minimum absolute atomic E-state index is 0.0326. The van der Waals surface area contributed by atoms with Crippen LogP contribution in [0.1, 0.15) is 46.9 Å². The van der Waals surface area contributed by atoms with Crippen molar-refractivity contribution >= 4 is 28.2 Å². The first-order valence-electron chi connectivity index (χ1n) is 8.57. The van der Waals surface area contributed by atoms with E-state index in [9.17, 15) is 14.7 Å². The van der Waals surface area contributed by atoms with E-state index < -0.39 is 23.5 Å². The molecule has 1 amide bonds. The maximum Gasteiger partial charge on any atom is 0.296 e. The third-order valence-electron chi connectivity index (χ3n) is 4.33. The van der Waals surface area contributed by atoms with Crippen molar-refractivity contribution in [3.63, 3.8) is 0 Å². The second-order valence-corrected chi connectivity index (χ2v) is 7.50. The van der Waals surface area contributed by atoms with E-state index in [2.05, 4.69) is 15.2 Å². The summed E-state index contributed by atoms with van der Waals surface area (Å²) in [5, 5.41) is 19.9. The molecule has 1 aliphatic rings. The molecule has 0 fully saturated rings. The molecule has 4 heterocycles. The Hall–Kier alpha value is -3.33. The smallest absolute Gasteiger partial charge is 0.296 e. The molecule has 0 spiro atoms. The highest BCUT2D eigenvalue weighted by molar-refractivity contribution is 7.15. The predicted octanol–water partition coefficient (Wildman–Crippen LogP) is 3.43. The quantitative estimate of drug-likeness (QED) is 0.658. The van der Waals surface area contributed by atoms with Gasteiger partial charge in [0.2, 0.25) is 10.9 Å². The monoisotopic (exact) mass is 396 g/mol. The molecule has 8 nitrogen and oxygen atoms in total. The van der Waals surface area contributed by atoms with Crippen molar-refractivity contribution in [1.29, 1.82) is 0 Å². The molecule has 0 aromatic carbocycles. The van der Waals surface area contributed by atoms with Gasteiger partial charge in [-0.15, -0.1) is 10.2 Å². The first kappa shape index (κ1) is 18.1. The molecule has 0 saturated heterocycles. The normalized spacial score (nSPS) is 17.0. The zero-order chi connectivity index (χ0) is 19.8. The summed E-state index contributed by atoms with van der Waals surface area (Å²) < 4.78 is 5.19. The minimum atomic E-state index is -0.883. The highest BCUT2D eigenvalue weighted by Gasteiger charge is 2.46. The topological polar surface area (TPSA) is 109 Å². The zero-order valence-electron chi connectivity index (χ0n) is 15.1. The molecule has 1 unspecified atom stereocenters. The molecule has 142 valence electrons. The molecular formula is C19H16N4O4S. The Morgan fingerprint density at radius 3 is 2.71 bits per heavy atom. The van der Waals surface area contributed by atoms with Crippen molar-refractivity contribution in [3.05, 3.63) is 70.6 Å². The predicted molar refractivity (Wildman–Crippen MR) is 101 cm³/mol. The van der Waals surface area contributed by atoms with Gasteiger partial charge in [-0.1, -0.05) is 31.3 Å². The number of amides is 1. The second kappa shape index (κ2) is 7.01. The van der Waals surface area contributed by atoms with Crippen LogP contribution in [0, 0.1) is 0 Å². The van der Waals surface area contributed by atoms with E-state index in [-0.39, 0.29) is 17.3 Å². The van der Waals surface area contributed by atoms with Crippen LogP contribution in [0.3, 0.4) is 0 Å². The van der Waals surface area contributed by atoms with Crippen LogP contribution in [0.25, 0.3) is 0 Å². The number of furan rings is 1. The Kier molecular flexibility index (Phi) is 4.52. The van der Waals surface area contributed by atoms with Gasteiger partial charge in [-0.05, 0) is 23.8 Å². The standard InChI is InChI=1S/C19H16N4O4S/c1-10(2)17-21-22-19(28-17)23-14(11-5-3-7-20-9-11)13(16(25)18(23)26)15(24)12-6-4-8-27-12/h3-10,14,25H,1-2H3. The number of aliphatic hydroxyl groups excluding tert-OH is 1. The fourth-order valence-corrected chi connectivity index (χ4v) is 3.86. The van der Waals surface area contributed by atoms with Gasteiger partial charge in [-0.3, -0.25) is 19.5 Å². The third kappa shape index (κ3) is 2.89. The second-order valence-electron chi connectivity index (χ2n) is 6.51. The van der Waals surface area contributed by atoms with Gasteiger partial charge in [-0.2, -0.15) is 0 Å². The van der Waals surface area contributed by atoms with Crippen LogP contribution >= 0.6 is 11.3 Å². The molecule has 28 heavy (non-hydrogen) atoms. The number of nitrogens with zero attached hydrogens (tertiary/aromatic N) is 4. The van der Waals surface area contributed by atoms with E-state index in [1.165, 1.54) is 28.6 Å². The number of rotatable bonds is 5. The lowest BCUT2D eigenvalue weighted by Gasteiger charge is -2.23.